The lowest BCUT2D eigenvalue weighted by Gasteiger charge is -2.13. The van der Waals surface area contributed by atoms with Crippen molar-refractivity contribution in [2.75, 3.05) is 18.1 Å². The molecule has 1 aliphatic heterocycles. The van der Waals surface area contributed by atoms with Gasteiger partial charge in [-0.05, 0) is 6.07 Å². The van der Waals surface area contributed by atoms with Gasteiger partial charge < -0.3 is 9.84 Å². The maximum atomic E-state index is 11.2. The molecule has 1 saturated heterocycles. The SMILES string of the molecule is [B]c1ccc(N2CCOC2=O)cc1O. The molecule has 4 nitrogen and oxygen atoms in total. The molecule has 1 aromatic carbocycles. The van der Waals surface area contributed by atoms with E-state index in [4.69, 9.17) is 12.6 Å². The molecule has 70 valence electrons. The van der Waals surface area contributed by atoms with Crippen molar-refractivity contribution in [2.45, 2.75) is 0 Å². The molecule has 2 rings (SSSR count). The number of carbonyl (C=O) groups is 1. The van der Waals surface area contributed by atoms with Crippen LogP contribution in [0.25, 0.3) is 0 Å². The van der Waals surface area contributed by atoms with Gasteiger partial charge in [0.25, 0.3) is 0 Å². The first-order valence-corrected chi connectivity index (χ1v) is 4.21. The molecule has 1 fully saturated rings. The summed E-state index contributed by atoms with van der Waals surface area (Å²) in [4.78, 5) is 12.6. The minimum Gasteiger partial charge on any atom is -0.509 e. The first-order valence-electron chi connectivity index (χ1n) is 4.21. The first-order chi connectivity index (χ1) is 6.68. The maximum absolute atomic E-state index is 11.2. The highest BCUT2D eigenvalue weighted by atomic mass is 16.6. The molecule has 0 unspecified atom stereocenters. The van der Waals surface area contributed by atoms with Gasteiger partial charge in [-0.15, -0.1) is 0 Å². The van der Waals surface area contributed by atoms with Gasteiger partial charge in [-0.25, -0.2) is 4.79 Å². The van der Waals surface area contributed by atoms with Crippen LogP contribution in [0.4, 0.5) is 10.5 Å². The third kappa shape index (κ3) is 1.41. The number of benzene rings is 1. The largest absolute Gasteiger partial charge is 0.509 e. The van der Waals surface area contributed by atoms with E-state index in [0.29, 0.717) is 24.3 Å². The number of nitrogens with zero attached hydrogens (tertiary/aromatic N) is 1. The van der Waals surface area contributed by atoms with Crippen LogP contribution >= 0.6 is 0 Å². The average Bonchev–Trinajstić information content (AvgIpc) is 2.57. The van der Waals surface area contributed by atoms with Crippen LogP contribution in [0.15, 0.2) is 18.2 Å². The van der Waals surface area contributed by atoms with E-state index in [1.54, 1.807) is 12.1 Å². The van der Waals surface area contributed by atoms with Crippen LogP contribution < -0.4 is 10.4 Å². The Kier molecular flexibility index (Phi) is 2.07. The second kappa shape index (κ2) is 3.25. The Balaban J connectivity index is 2.32. The monoisotopic (exact) mass is 189 g/mol. The molecular weight excluding hydrogens is 181 g/mol. The minimum atomic E-state index is -0.394. The van der Waals surface area contributed by atoms with Crippen LogP contribution in [0.5, 0.6) is 5.75 Å². The van der Waals surface area contributed by atoms with Gasteiger partial charge in [-0.3, -0.25) is 4.90 Å². The molecule has 0 atom stereocenters. The van der Waals surface area contributed by atoms with E-state index >= 15 is 0 Å². The van der Waals surface area contributed by atoms with Gasteiger partial charge >= 0.3 is 6.09 Å². The molecule has 1 aliphatic rings. The predicted octanol–water partition coefficient (Wildman–Crippen LogP) is 0.143. The quantitative estimate of drug-likeness (QED) is 0.639. The lowest BCUT2D eigenvalue weighted by Crippen LogP contribution is -2.23. The fourth-order valence-corrected chi connectivity index (χ4v) is 1.33. The van der Waals surface area contributed by atoms with E-state index in [1.807, 2.05) is 0 Å². The van der Waals surface area contributed by atoms with Crippen molar-refractivity contribution < 1.29 is 14.6 Å². The second-order valence-electron chi connectivity index (χ2n) is 3.01. The number of ether oxygens (including phenoxy) is 1. The second-order valence-corrected chi connectivity index (χ2v) is 3.01. The van der Waals surface area contributed by atoms with Crippen LogP contribution in [0.1, 0.15) is 0 Å². The molecule has 2 radical (unpaired) electrons. The minimum absolute atomic E-state index is 0.0257. The van der Waals surface area contributed by atoms with Crippen molar-refractivity contribution in [2.24, 2.45) is 0 Å². The van der Waals surface area contributed by atoms with Crippen molar-refractivity contribution in [3.63, 3.8) is 0 Å². The fraction of sp³-hybridized carbons (Fsp3) is 0.222. The zero-order valence-corrected chi connectivity index (χ0v) is 7.43. The summed E-state index contributed by atoms with van der Waals surface area (Å²) in [5.74, 6) is -0.0257. The Morgan fingerprint density at radius 2 is 2.29 bits per heavy atom. The molecule has 1 aromatic rings. The summed E-state index contributed by atoms with van der Waals surface area (Å²) in [5, 5.41) is 9.34. The number of carbonyl (C=O) groups excluding carboxylic acids is 1. The number of anilines is 1. The van der Waals surface area contributed by atoms with Gasteiger partial charge in [0.2, 0.25) is 0 Å². The number of phenols is 1. The lowest BCUT2D eigenvalue weighted by atomic mass is 9.95. The Labute approximate surface area is 82.5 Å². The van der Waals surface area contributed by atoms with Gasteiger partial charge in [0.15, 0.2) is 0 Å². The molecule has 14 heavy (non-hydrogen) atoms. The number of hydrogen-bond acceptors (Lipinski definition) is 3. The van der Waals surface area contributed by atoms with E-state index in [0.717, 1.165) is 0 Å². The topological polar surface area (TPSA) is 49.8 Å². The van der Waals surface area contributed by atoms with E-state index in [2.05, 4.69) is 0 Å². The first kappa shape index (κ1) is 8.93. The number of amides is 1. The van der Waals surface area contributed by atoms with E-state index in [1.165, 1.54) is 11.0 Å². The maximum Gasteiger partial charge on any atom is 0.414 e. The standard InChI is InChI=1S/C9H8BNO3/c10-7-2-1-6(5-8(7)12)11-3-4-14-9(11)13/h1-2,5,12H,3-4H2. The van der Waals surface area contributed by atoms with E-state index in [9.17, 15) is 9.90 Å². The van der Waals surface area contributed by atoms with Gasteiger partial charge in [-0.1, -0.05) is 11.5 Å². The zero-order valence-electron chi connectivity index (χ0n) is 7.43. The normalized spacial score (nSPS) is 15.7. The molecule has 0 aliphatic carbocycles. The molecule has 0 aromatic heterocycles. The van der Waals surface area contributed by atoms with Crippen LogP contribution in [0, 0.1) is 0 Å². The number of cyclic esters (lactones) is 1. The molecule has 5 heteroatoms. The van der Waals surface area contributed by atoms with Crippen molar-refractivity contribution >= 4 is 25.1 Å². The number of aromatic hydroxyl groups is 1. The highest BCUT2D eigenvalue weighted by molar-refractivity contribution is 6.34. The van der Waals surface area contributed by atoms with Crippen LogP contribution in [-0.4, -0.2) is 32.2 Å². The van der Waals surface area contributed by atoms with Crippen molar-refractivity contribution in [1.29, 1.82) is 0 Å². The van der Waals surface area contributed by atoms with Crippen molar-refractivity contribution in [3.8, 4) is 5.75 Å². The molecule has 0 saturated carbocycles. The Hall–Kier alpha value is -1.65. The Morgan fingerprint density at radius 3 is 2.86 bits per heavy atom. The van der Waals surface area contributed by atoms with E-state index < -0.39 is 6.09 Å². The van der Waals surface area contributed by atoms with Gasteiger partial charge in [0.05, 0.1) is 12.2 Å². The summed E-state index contributed by atoms with van der Waals surface area (Å²) in [7, 11) is 5.44. The third-order valence-electron chi connectivity index (χ3n) is 2.09. The van der Waals surface area contributed by atoms with E-state index in [-0.39, 0.29) is 5.75 Å². The molecule has 1 N–H and O–H groups in total. The van der Waals surface area contributed by atoms with Gasteiger partial charge in [-0.2, -0.15) is 0 Å². The van der Waals surface area contributed by atoms with Crippen LogP contribution in [-0.2, 0) is 4.74 Å². The summed E-state index contributed by atoms with van der Waals surface area (Å²) >= 11 is 0. The smallest absolute Gasteiger partial charge is 0.414 e. The fourth-order valence-electron chi connectivity index (χ4n) is 1.33. The average molecular weight is 189 g/mol. The molecule has 1 heterocycles. The predicted molar refractivity (Wildman–Crippen MR) is 52.2 cm³/mol. The molecular formula is C9H8BNO3. The molecule has 0 spiro atoms. The molecule has 1 amide bonds. The summed E-state index contributed by atoms with van der Waals surface area (Å²) in [6, 6.07) is 4.67. The highest BCUT2D eigenvalue weighted by Gasteiger charge is 2.23. The summed E-state index contributed by atoms with van der Waals surface area (Å²) in [6.45, 7) is 0.881. The van der Waals surface area contributed by atoms with Gasteiger partial charge in [0, 0.05) is 6.07 Å². The summed E-state index contributed by atoms with van der Waals surface area (Å²) < 4.78 is 4.76. The Morgan fingerprint density at radius 1 is 1.50 bits per heavy atom. The van der Waals surface area contributed by atoms with Crippen LogP contribution in [0.3, 0.4) is 0 Å². The van der Waals surface area contributed by atoms with Crippen molar-refractivity contribution in [3.05, 3.63) is 18.2 Å². The summed E-state index contributed by atoms with van der Waals surface area (Å²) in [6.07, 6.45) is -0.394. The molecule has 0 bridgehead atoms. The van der Waals surface area contributed by atoms with Crippen LogP contribution in [0.2, 0.25) is 0 Å². The highest BCUT2D eigenvalue weighted by Crippen LogP contribution is 2.21. The number of hydrogen-bond donors (Lipinski definition) is 1. The summed E-state index contributed by atoms with van der Waals surface area (Å²) in [5.41, 5.74) is 0.889. The Bertz CT molecular complexity index is 380. The lowest BCUT2D eigenvalue weighted by molar-refractivity contribution is 0.181. The van der Waals surface area contributed by atoms with Gasteiger partial charge in [0.1, 0.15) is 20.2 Å². The third-order valence-corrected chi connectivity index (χ3v) is 2.09. The van der Waals surface area contributed by atoms with Crippen molar-refractivity contribution in [1.82, 2.24) is 0 Å². The zero-order chi connectivity index (χ0) is 10.1. The number of rotatable bonds is 1. The number of phenolic OH excluding ortho intramolecular Hbond substituents is 1.